The van der Waals surface area contributed by atoms with E-state index < -0.39 is 0 Å². The third kappa shape index (κ3) is 4.33. The van der Waals surface area contributed by atoms with E-state index in [0.717, 1.165) is 47.9 Å². The normalized spacial score (nSPS) is 16.4. The zero-order valence-corrected chi connectivity index (χ0v) is 15.6. The highest BCUT2D eigenvalue weighted by atomic mass is 32.2. The van der Waals surface area contributed by atoms with Crippen LogP contribution in [0.1, 0.15) is 18.7 Å². The van der Waals surface area contributed by atoms with Gasteiger partial charge >= 0.3 is 0 Å². The molecule has 0 aromatic carbocycles. The van der Waals surface area contributed by atoms with E-state index in [1.165, 1.54) is 11.8 Å². The summed E-state index contributed by atoms with van der Waals surface area (Å²) in [6.45, 7) is 0.794. The van der Waals surface area contributed by atoms with Crippen molar-refractivity contribution in [1.29, 1.82) is 0 Å². The maximum atomic E-state index is 12.3. The average Bonchev–Trinajstić information content (AvgIpc) is 3.02. The summed E-state index contributed by atoms with van der Waals surface area (Å²) in [5.74, 6) is 2.32. The molecular formula is C19H20N6OS. The van der Waals surface area contributed by atoms with Crippen molar-refractivity contribution >= 4 is 17.7 Å². The van der Waals surface area contributed by atoms with Gasteiger partial charge in [-0.15, -0.1) is 22.0 Å². The molecule has 0 fully saturated rings. The number of pyridine rings is 2. The molecule has 138 valence electrons. The Balaban J connectivity index is 1.35. The number of thioether (sulfide) groups is 1. The van der Waals surface area contributed by atoms with Crippen LogP contribution in [-0.2, 0) is 17.8 Å². The fourth-order valence-electron chi connectivity index (χ4n) is 3.20. The minimum absolute atomic E-state index is 0.0637. The molecule has 3 aromatic heterocycles. The molecule has 27 heavy (non-hydrogen) atoms. The number of rotatable bonds is 5. The van der Waals surface area contributed by atoms with E-state index in [-0.39, 0.29) is 11.9 Å². The van der Waals surface area contributed by atoms with Crippen molar-refractivity contribution in [3.63, 3.8) is 0 Å². The lowest BCUT2D eigenvalue weighted by Gasteiger charge is -2.16. The topological polar surface area (TPSA) is 85.6 Å². The molecule has 1 aliphatic heterocycles. The van der Waals surface area contributed by atoms with Crippen molar-refractivity contribution < 1.29 is 4.79 Å². The van der Waals surface area contributed by atoms with Gasteiger partial charge in [0.15, 0.2) is 5.82 Å². The third-order valence-corrected chi connectivity index (χ3v) is 5.58. The maximum absolute atomic E-state index is 12.3. The molecule has 8 heteroatoms. The van der Waals surface area contributed by atoms with Gasteiger partial charge in [0.25, 0.3) is 0 Å². The summed E-state index contributed by atoms with van der Waals surface area (Å²) in [5.41, 5.74) is 1.01. The largest absolute Gasteiger partial charge is 0.353 e. The highest BCUT2D eigenvalue weighted by molar-refractivity contribution is 8.00. The predicted octanol–water partition coefficient (Wildman–Crippen LogP) is 2.35. The van der Waals surface area contributed by atoms with Gasteiger partial charge in [0.1, 0.15) is 5.82 Å². The fourth-order valence-corrected chi connectivity index (χ4v) is 3.89. The van der Waals surface area contributed by atoms with Gasteiger partial charge in [-0.3, -0.25) is 14.8 Å². The SMILES string of the molecule is O=C(CSc1ccncc1)NC1CCc2nnc(-c3ccncc3)n2CC1. The van der Waals surface area contributed by atoms with Crippen LogP contribution >= 0.6 is 11.8 Å². The van der Waals surface area contributed by atoms with Gasteiger partial charge in [-0.1, -0.05) is 0 Å². The Morgan fingerprint density at radius 3 is 2.59 bits per heavy atom. The van der Waals surface area contributed by atoms with E-state index in [4.69, 9.17) is 0 Å². The number of hydrogen-bond acceptors (Lipinski definition) is 6. The van der Waals surface area contributed by atoms with E-state index in [1.54, 1.807) is 24.8 Å². The van der Waals surface area contributed by atoms with Gasteiger partial charge in [0, 0.05) is 54.3 Å². The molecule has 0 spiro atoms. The zero-order chi connectivity index (χ0) is 18.5. The first-order chi connectivity index (χ1) is 13.3. The second-order valence-corrected chi connectivity index (χ2v) is 7.44. The smallest absolute Gasteiger partial charge is 0.230 e. The molecule has 1 unspecified atom stereocenters. The summed E-state index contributed by atoms with van der Waals surface area (Å²) in [5, 5.41) is 11.9. The number of carbonyl (C=O) groups is 1. The molecule has 4 rings (SSSR count). The Morgan fingerprint density at radius 2 is 1.81 bits per heavy atom. The highest BCUT2D eigenvalue weighted by Gasteiger charge is 2.22. The van der Waals surface area contributed by atoms with Crippen LogP contribution in [0.15, 0.2) is 53.9 Å². The summed E-state index contributed by atoms with van der Waals surface area (Å²) in [6, 6.07) is 7.87. The summed E-state index contributed by atoms with van der Waals surface area (Å²) in [6.07, 6.45) is 9.55. The molecule has 0 saturated carbocycles. The number of carbonyl (C=O) groups excluding carboxylic acids is 1. The molecular weight excluding hydrogens is 360 g/mol. The van der Waals surface area contributed by atoms with Crippen LogP contribution in [0.4, 0.5) is 0 Å². The number of aromatic nitrogens is 5. The summed E-state index contributed by atoms with van der Waals surface area (Å²) >= 11 is 1.53. The first-order valence-electron chi connectivity index (χ1n) is 8.94. The number of amides is 1. The summed E-state index contributed by atoms with van der Waals surface area (Å²) in [7, 11) is 0. The number of nitrogens with one attached hydrogen (secondary N) is 1. The monoisotopic (exact) mass is 380 g/mol. The molecule has 1 amide bonds. The Bertz CT molecular complexity index is 899. The first kappa shape index (κ1) is 17.7. The Hall–Kier alpha value is -2.74. The lowest BCUT2D eigenvalue weighted by atomic mass is 10.1. The Kier molecular flexibility index (Phi) is 5.43. The van der Waals surface area contributed by atoms with Gasteiger partial charge in [-0.2, -0.15) is 0 Å². The Morgan fingerprint density at radius 1 is 1.07 bits per heavy atom. The molecule has 1 aliphatic rings. The van der Waals surface area contributed by atoms with E-state index in [1.807, 2.05) is 24.3 Å². The van der Waals surface area contributed by atoms with Gasteiger partial charge < -0.3 is 9.88 Å². The van der Waals surface area contributed by atoms with Crippen LogP contribution in [0, 0.1) is 0 Å². The van der Waals surface area contributed by atoms with Gasteiger partial charge in [0.2, 0.25) is 5.91 Å². The number of aryl methyl sites for hydroxylation is 1. The molecule has 1 N–H and O–H groups in total. The fraction of sp³-hybridized carbons (Fsp3) is 0.316. The lowest BCUT2D eigenvalue weighted by molar-refractivity contribution is -0.119. The number of hydrogen-bond donors (Lipinski definition) is 1. The van der Waals surface area contributed by atoms with E-state index in [2.05, 4.69) is 30.0 Å². The molecule has 1 atom stereocenters. The lowest BCUT2D eigenvalue weighted by Crippen LogP contribution is -2.36. The van der Waals surface area contributed by atoms with Crippen LogP contribution < -0.4 is 5.32 Å². The first-order valence-corrected chi connectivity index (χ1v) is 9.93. The minimum atomic E-state index is 0.0637. The molecule has 4 heterocycles. The van der Waals surface area contributed by atoms with Crippen LogP contribution in [0.5, 0.6) is 0 Å². The molecule has 0 bridgehead atoms. The van der Waals surface area contributed by atoms with Crippen molar-refractivity contribution in [2.75, 3.05) is 5.75 Å². The zero-order valence-electron chi connectivity index (χ0n) is 14.8. The van der Waals surface area contributed by atoms with Crippen LogP contribution in [0.25, 0.3) is 11.4 Å². The average molecular weight is 380 g/mol. The van der Waals surface area contributed by atoms with Crippen LogP contribution in [-0.4, -0.2) is 42.4 Å². The summed E-state index contributed by atoms with van der Waals surface area (Å²) < 4.78 is 2.16. The highest BCUT2D eigenvalue weighted by Crippen LogP contribution is 2.22. The quantitative estimate of drug-likeness (QED) is 0.684. The van der Waals surface area contributed by atoms with E-state index in [0.29, 0.717) is 5.75 Å². The maximum Gasteiger partial charge on any atom is 0.230 e. The number of nitrogens with zero attached hydrogens (tertiary/aromatic N) is 5. The standard InChI is InChI=1S/C19H20N6OS/c26-18(13-27-16-5-10-21-11-6-16)22-15-1-2-17-23-24-19(25(17)12-7-15)14-3-8-20-9-4-14/h3-6,8-11,15H,1-2,7,12-13H2,(H,22,26). The van der Waals surface area contributed by atoms with Crippen molar-refractivity contribution in [3.05, 3.63) is 54.9 Å². The van der Waals surface area contributed by atoms with Crippen LogP contribution in [0.2, 0.25) is 0 Å². The molecule has 7 nitrogen and oxygen atoms in total. The minimum Gasteiger partial charge on any atom is -0.353 e. The third-order valence-electron chi connectivity index (χ3n) is 4.57. The Labute approximate surface area is 161 Å². The van der Waals surface area contributed by atoms with Crippen molar-refractivity contribution in [2.24, 2.45) is 0 Å². The molecule has 3 aromatic rings. The van der Waals surface area contributed by atoms with E-state index >= 15 is 0 Å². The van der Waals surface area contributed by atoms with Crippen molar-refractivity contribution in [2.45, 2.75) is 36.7 Å². The van der Waals surface area contributed by atoms with Gasteiger partial charge in [-0.25, -0.2) is 0 Å². The second kappa shape index (κ2) is 8.30. The molecule has 0 radical (unpaired) electrons. The van der Waals surface area contributed by atoms with Crippen molar-refractivity contribution in [3.8, 4) is 11.4 Å². The predicted molar refractivity (Wildman–Crippen MR) is 103 cm³/mol. The summed E-state index contributed by atoms with van der Waals surface area (Å²) in [4.78, 5) is 21.4. The second-order valence-electron chi connectivity index (χ2n) is 6.39. The van der Waals surface area contributed by atoms with Crippen molar-refractivity contribution in [1.82, 2.24) is 30.0 Å². The number of fused-ring (bicyclic) bond motifs is 1. The van der Waals surface area contributed by atoms with Gasteiger partial charge in [-0.05, 0) is 37.1 Å². The van der Waals surface area contributed by atoms with Gasteiger partial charge in [0.05, 0.1) is 5.75 Å². The molecule has 0 saturated heterocycles. The molecule has 0 aliphatic carbocycles. The van der Waals surface area contributed by atoms with E-state index in [9.17, 15) is 4.79 Å². The van der Waals surface area contributed by atoms with Crippen LogP contribution in [0.3, 0.4) is 0 Å².